The molecule has 5 nitrogen and oxygen atoms in total. The average Bonchev–Trinajstić information content (AvgIpc) is 3.06. The molecule has 0 bridgehead atoms. The van der Waals surface area contributed by atoms with Crippen molar-refractivity contribution in [1.29, 1.82) is 0 Å². The zero-order valence-electron chi connectivity index (χ0n) is 14.9. The molecule has 148 valence electrons. The Labute approximate surface area is 175 Å². The molecule has 29 heavy (non-hydrogen) atoms. The molecular formula is C20H15ClF2N4OS. The summed E-state index contributed by atoms with van der Waals surface area (Å²) >= 11 is 1.04. The van der Waals surface area contributed by atoms with Gasteiger partial charge in [0.15, 0.2) is 5.17 Å². The fourth-order valence-electron chi connectivity index (χ4n) is 2.67. The number of rotatable bonds is 4. The summed E-state index contributed by atoms with van der Waals surface area (Å²) in [6, 6.07) is 13.7. The van der Waals surface area contributed by atoms with Gasteiger partial charge in [-0.1, -0.05) is 18.2 Å². The highest BCUT2D eigenvalue weighted by molar-refractivity contribution is 8.18. The van der Waals surface area contributed by atoms with E-state index in [4.69, 9.17) is 0 Å². The van der Waals surface area contributed by atoms with Gasteiger partial charge in [0.25, 0.3) is 5.91 Å². The molecule has 3 heterocycles. The van der Waals surface area contributed by atoms with Crippen LogP contribution in [0.25, 0.3) is 17.0 Å². The number of benzene rings is 1. The largest absolute Gasteiger partial charge is 0.308 e. The van der Waals surface area contributed by atoms with E-state index in [1.54, 1.807) is 18.3 Å². The standard InChI is InChI=1S/C20H14F2N4OS.ClH/c21-20(22,17-5-1-2-8-24-17)12-25-19-26-18(27)16(28-19)11-13-6-7-15-14(10-13)4-3-9-23-15;/h1-11H,12H2,(H,25,26,27);1H/b16-11-;. The van der Waals surface area contributed by atoms with Crippen LogP contribution in [0.2, 0.25) is 0 Å². The molecule has 1 amide bonds. The van der Waals surface area contributed by atoms with E-state index >= 15 is 0 Å². The smallest absolute Gasteiger partial charge is 0.301 e. The lowest BCUT2D eigenvalue weighted by Gasteiger charge is -2.12. The van der Waals surface area contributed by atoms with Crippen LogP contribution in [0.1, 0.15) is 11.3 Å². The number of carbonyl (C=O) groups excluding carboxylic acids is 1. The summed E-state index contributed by atoms with van der Waals surface area (Å²) in [4.78, 5) is 24.3. The number of amidine groups is 1. The van der Waals surface area contributed by atoms with Crippen molar-refractivity contribution in [3.05, 3.63) is 77.1 Å². The number of pyridine rings is 2. The normalized spacial score (nSPS) is 16.8. The number of thioether (sulfide) groups is 1. The third kappa shape index (κ3) is 4.78. The summed E-state index contributed by atoms with van der Waals surface area (Å²) in [5, 5.41) is 3.62. The Morgan fingerprint density at radius 1 is 1.10 bits per heavy atom. The second-order valence-electron chi connectivity index (χ2n) is 6.06. The average molecular weight is 433 g/mol. The van der Waals surface area contributed by atoms with E-state index in [0.29, 0.717) is 4.91 Å². The summed E-state index contributed by atoms with van der Waals surface area (Å²) in [6.45, 7) is -0.790. The molecule has 1 saturated heterocycles. The quantitative estimate of drug-likeness (QED) is 0.620. The Hall–Kier alpha value is -2.84. The maximum absolute atomic E-state index is 14.2. The van der Waals surface area contributed by atoms with Crippen molar-refractivity contribution < 1.29 is 13.6 Å². The van der Waals surface area contributed by atoms with Gasteiger partial charge in [-0.05, 0) is 53.7 Å². The van der Waals surface area contributed by atoms with Gasteiger partial charge >= 0.3 is 5.92 Å². The molecule has 0 aliphatic carbocycles. The van der Waals surface area contributed by atoms with Crippen molar-refractivity contribution >= 4 is 52.2 Å². The molecule has 0 spiro atoms. The number of hydrogen-bond acceptors (Lipinski definition) is 5. The van der Waals surface area contributed by atoms with Crippen LogP contribution >= 0.6 is 24.2 Å². The molecule has 0 radical (unpaired) electrons. The number of nitrogens with one attached hydrogen (secondary N) is 1. The Balaban J connectivity index is 0.00000240. The van der Waals surface area contributed by atoms with Gasteiger partial charge in [0.05, 0.1) is 10.4 Å². The van der Waals surface area contributed by atoms with E-state index in [1.807, 2.05) is 30.3 Å². The van der Waals surface area contributed by atoms with Crippen LogP contribution in [0.4, 0.5) is 8.78 Å². The Kier molecular flexibility index (Phi) is 6.24. The third-order valence-corrected chi connectivity index (χ3v) is 4.98. The first-order valence-corrected chi connectivity index (χ1v) is 9.22. The summed E-state index contributed by atoms with van der Waals surface area (Å²) in [5.74, 6) is -3.58. The maximum Gasteiger partial charge on any atom is 0.308 e. The second-order valence-corrected chi connectivity index (χ2v) is 7.09. The van der Waals surface area contributed by atoms with Gasteiger partial charge in [0.2, 0.25) is 0 Å². The number of halogens is 3. The molecule has 3 aromatic rings. The number of amides is 1. The van der Waals surface area contributed by atoms with Crippen LogP contribution in [0.15, 0.2) is 70.8 Å². The predicted molar refractivity (Wildman–Crippen MR) is 113 cm³/mol. The van der Waals surface area contributed by atoms with Crippen LogP contribution < -0.4 is 5.32 Å². The number of carbonyl (C=O) groups is 1. The molecule has 1 fully saturated rings. The molecule has 0 saturated carbocycles. The van der Waals surface area contributed by atoms with Crippen LogP contribution in [-0.2, 0) is 10.7 Å². The van der Waals surface area contributed by atoms with Gasteiger partial charge in [-0.3, -0.25) is 19.8 Å². The lowest BCUT2D eigenvalue weighted by molar-refractivity contribution is -0.115. The van der Waals surface area contributed by atoms with Gasteiger partial charge in [-0.25, -0.2) is 0 Å². The lowest BCUT2D eigenvalue weighted by Crippen LogP contribution is -2.24. The minimum atomic E-state index is -3.21. The predicted octanol–water partition coefficient (Wildman–Crippen LogP) is 4.40. The lowest BCUT2D eigenvalue weighted by atomic mass is 10.1. The van der Waals surface area contributed by atoms with Gasteiger partial charge in [0, 0.05) is 17.8 Å². The van der Waals surface area contributed by atoms with Gasteiger partial charge in [-0.2, -0.15) is 8.78 Å². The Morgan fingerprint density at radius 3 is 2.72 bits per heavy atom. The van der Waals surface area contributed by atoms with E-state index < -0.39 is 12.5 Å². The molecule has 0 atom stereocenters. The highest BCUT2D eigenvalue weighted by atomic mass is 35.5. The highest BCUT2D eigenvalue weighted by Gasteiger charge is 2.34. The van der Waals surface area contributed by atoms with Crippen molar-refractivity contribution in [2.45, 2.75) is 5.92 Å². The first-order valence-electron chi connectivity index (χ1n) is 8.41. The van der Waals surface area contributed by atoms with E-state index in [-0.39, 0.29) is 29.2 Å². The van der Waals surface area contributed by atoms with E-state index in [0.717, 1.165) is 28.2 Å². The second kappa shape index (κ2) is 8.67. The third-order valence-electron chi connectivity index (χ3n) is 4.04. The van der Waals surface area contributed by atoms with Gasteiger partial charge in [-0.15, -0.1) is 12.4 Å². The zero-order chi connectivity index (χ0) is 19.6. The number of hydrogen-bond donors (Lipinski definition) is 1. The van der Waals surface area contributed by atoms with Crippen molar-refractivity contribution in [3.63, 3.8) is 0 Å². The molecule has 1 aliphatic heterocycles. The van der Waals surface area contributed by atoms with Crippen LogP contribution in [0.3, 0.4) is 0 Å². The summed E-state index contributed by atoms with van der Waals surface area (Å²) in [5.41, 5.74) is 1.32. The molecule has 1 aromatic carbocycles. The topological polar surface area (TPSA) is 67.2 Å². The van der Waals surface area contributed by atoms with Crippen molar-refractivity contribution in [3.8, 4) is 0 Å². The first-order chi connectivity index (χ1) is 13.5. The van der Waals surface area contributed by atoms with Crippen molar-refractivity contribution in [2.24, 2.45) is 4.99 Å². The van der Waals surface area contributed by atoms with E-state index in [9.17, 15) is 13.6 Å². The van der Waals surface area contributed by atoms with Crippen LogP contribution in [0.5, 0.6) is 0 Å². The van der Waals surface area contributed by atoms with Crippen LogP contribution in [-0.4, -0.2) is 27.6 Å². The molecule has 2 aromatic heterocycles. The number of aliphatic imine (C=N–C) groups is 1. The minimum Gasteiger partial charge on any atom is -0.301 e. The van der Waals surface area contributed by atoms with E-state index in [1.165, 1.54) is 18.3 Å². The van der Waals surface area contributed by atoms with Crippen molar-refractivity contribution in [2.75, 3.05) is 6.54 Å². The SMILES string of the molecule is Cl.O=C1NC(=NCC(F)(F)c2ccccn2)S/C1=C\c1ccc2ncccc2c1. The number of alkyl halides is 2. The molecular weight excluding hydrogens is 418 g/mol. The summed E-state index contributed by atoms with van der Waals surface area (Å²) in [7, 11) is 0. The Morgan fingerprint density at radius 2 is 1.93 bits per heavy atom. The molecule has 1 N–H and O–H groups in total. The van der Waals surface area contributed by atoms with Gasteiger partial charge < -0.3 is 5.32 Å². The number of nitrogens with zero attached hydrogens (tertiary/aromatic N) is 3. The fraction of sp³-hybridized carbons (Fsp3) is 0.100. The summed E-state index contributed by atoms with van der Waals surface area (Å²) < 4.78 is 28.4. The monoisotopic (exact) mass is 432 g/mol. The molecule has 1 aliphatic rings. The van der Waals surface area contributed by atoms with Crippen molar-refractivity contribution in [1.82, 2.24) is 15.3 Å². The van der Waals surface area contributed by atoms with E-state index in [2.05, 4.69) is 20.3 Å². The maximum atomic E-state index is 14.2. The zero-order valence-corrected chi connectivity index (χ0v) is 16.5. The number of fused-ring (bicyclic) bond motifs is 1. The first kappa shape index (κ1) is 20.9. The highest BCUT2D eigenvalue weighted by Crippen LogP contribution is 2.30. The van der Waals surface area contributed by atoms with Crippen LogP contribution in [0, 0.1) is 0 Å². The Bertz CT molecular complexity index is 1110. The minimum absolute atomic E-state index is 0. The van der Waals surface area contributed by atoms with Gasteiger partial charge in [0.1, 0.15) is 12.2 Å². The number of aromatic nitrogens is 2. The molecule has 9 heteroatoms. The molecule has 4 rings (SSSR count). The molecule has 0 unspecified atom stereocenters. The fourth-order valence-corrected chi connectivity index (χ4v) is 3.49. The summed E-state index contributed by atoms with van der Waals surface area (Å²) in [6.07, 6.45) is 4.72.